The third-order valence-corrected chi connectivity index (χ3v) is 5.59. The number of ether oxygens (including phenoxy) is 1. The molecule has 3 aromatic rings. The van der Waals surface area contributed by atoms with Crippen molar-refractivity contribution >= 4 is 23.0 Å². The lowest BCUT2D eigenvalue weighted by Gasteiger charge is -2.22. The van der Waals surface area contributed by atoms with Gasteiger partial charge >= 0.3 is 6.03 Å². The first-order chi connectivity index (χ1) is 14.7. The van der Waals surface area contributed by atoms with Gasteiger partial charge in [-0.15, -0.1) is 10.2 Å². The minimum absolute atomic E-state index is 0.102. The third kappa shape index (κ3) is 4.35. The van der Waals surface area contributed by atoms with Crippen LogP contribution in [0.15, 0.2) is 53.5 Å². The van der Waals surface area contributed by atoms with Gasteiger partial charge in [0.25, 0.3) is 0 Å². The Labute approximate surface area is 178 Å². The molecule has 2 N–H and O–H groups in total. The molecule has 0 saturated carbocycles. The van der Waals surface area contributed by atoms with E-state index in [0.717, 1.165) is 39.7 Å². The van der Waals surface area contributed by atoms with Gasteiger partial charge in [0, 0.05) is 42.7 Å². The largest absolute Gasteiger partial charge is 0.494 e. The predicted molar refractivity (Wildman–Crippen MR) is 116 cm³/mol. The normalized spacial score (nSPS) is 16.1. The monoisotopic (exact) mass is 424 g/mol. The first-order valence-electron chi connectivity index (χ1n) is 9.97. The summed E-state index contributed by atoms with van der Waals surface area (Å²) in [7, 11) is 0. The molecule has 0 fully saturated rings. The number of pyridine rings is 1. The topological polar surface area (TPSA) is 93.4 Å². The molecule has 1 aliphatic rings. The van der Waals surface area contributed by atoms with Gasteiger partial charge in [0.05, 0.1) is 6.61 Å². The van der Waals surface area contributed by atoms with E-state index >= 15 is 0 Å². The van der Waals surface area contributed by atoms with Crippen LogP contribution in [0.1, 0.15) is 31.9 Å². The van der Waals surface area contributed by atoms with E-state index in [-0.39, 0.29) is 11.9 Å². The van der Waals surface area contributed by atoms with Crippen molar-refractivity contribution in [3.8, 4) is 10.6 Å². The van der Waals surface area contributed by atoms with E-state index in [9.17, 15) is 4.79 Å². The molecule has 3 aromatic heterocycles. The first-order valence-corrected chi connectivity index (χ1v) is 10.8. The first kappa shape index (κ1) is 20.1. The molecule has 0 radical (unpaired) electrons. The van der Waals surface area contributed by atoms with Gasteiger partial charge in [-0.1, -0.05) is 11.3 Å². The van der Waals surface area contributed by atoms with Gasteiger partial charge in [-0.2, -0.15) is 0 Å². The highest BCUT2D eigenvalue weighted by molar-refractivity contribution is 7.12. The molecule has 2 amide bonds. The molecule has 0 spiro atoms. The van der Waals surface area contributed by atoms with Crippen molar-refractivity contribution in [2.45, 2.75) is 26.2 Å². The van der Waals surface area contributed by atoms with Crippen LogP contribution < -0.4 is 10.6 Å². The molecule has 3 heterocycles. The van der Waals surface area contributed by atoms with Crippen LogP contribution in [-0.4, -0.2) is 45.3 Å². The quantitative estimate of drug-likeness (QED) is 0.605. The number of hydrogen-bond acceptors (Lipinski definition) is 6. The van der Waals surface area contributed by atoms with E-state index in [2.05, 4.69) is 36.3 Å². The molecule has 0 aliphatic heterocycles. The van der Waals surface area contributed by atoms with E-state index in [0.29, 0.717) is 19.7 Å². The zero-order valence-corrected chi connectivity index (χ0v) is 17.8. The lowest BCUT2D eigenvalue weighted by molar-refractivity contribution is 0.237. The summed E-state index contributed by atoms with van der Waals surface area (Å²) in [6.45, 7) is 5.52. The van der Waals surface area contributed by atoms with Gasteiger partial charge in [-0.25, -0.2) is 9.78 Å². The molecule has 4 rings (SSSR count). The molecule has 0 bridgehead atoms. The number of allylic oxidation sites excluding steroid dienone is 2. The van der Waals surface area contributed by atoms with Gasteiger partial charge in [0.1, 0.15) is 21.9 Å². The highest BCUT2D eigenvalue weighted by Crippen LogP contribution is 2.32. The summed E-state index contributed by atoms with van der Waals surface area (Å²) < 4.78 is 7.88. The Kier molecular flexibility index (Phi) is 6.08. The highest BCUT2D eigenvalue weighted by atomic mass is 32.1. The van der Waals surface area contributed by atoms with E-state index in [1.807, 2.05) is 44.4 Å². The fraction of sp³-hybridized carbons (Fsp3) is 0.333. The maximum Gasteiger partial charge on any atom is 0.315 e. The maximum atomic E-state index is 11.8. The number of nitrogens with one attached hydrogen (secondary N) is 2. The van der Waals surface area contributed by atoms with Gasteiger partial charge in [0.2, 0.25) is 0 Å². The van der Waals surface area contributed by atoms with Crippen LogP contribution in [0.3, 0.4) is 0 Å². The number of carbonyl (C=O) groups excluding carboxylic acids is 1. The van der Waals surface area contributed by atoms with Crippen LogP contribution >= 0.6 is 11.3 Å². The fourth-order valence-corrected chi connectivity index (χ4v) is 4.09. The molecule has 8 nitrogen and oxygen atoms in total. The van der Waals surface area contributed by atoms with Gasteiger partial charge in [0.15, 0.2) is 0 Å². The van der Waals surface area contributed by atoms with E-state index in [1.165, 1.54) is 11.3 Å². The van der Waals surface area contributed by atoms with Crippen LogP contribution in [0.2, 0.25) is 0 Å². The Morgan fingerprint density at radius 2 is 2.27 bits per heavy atom. The Hall–Kier alpha value is -3.20. The number of fused-ring (bicyclic) bond motifs is 1. The van der Waals surface area contributed by atoms with Gasteiger partial charge in [-0.3, -0.25) is 0 Å². The minimum Gasteiger partial charge on any atom is -0.494 e. The van der Waals surface area contributed by atoms with Crippen molar-refractivity contribution < 1.29 is 9.53 Å². The van der Waals surface area contributed by atoms with Crippen molar-refractivity contribution in [1.29, 1.82) is 0 Å². The number of carbonyl (C=O) groups is 1. The number of amides is 2. The summed E-state index contributed by atoms with van der Waals surface area (Å²) in [5.41, 5.74) is 5.78. The van der Waals surface area contributed by atoms with Gasteiger partial charge in [-0.05, 0) is 50.1 Å². The molecule has 30 heavy (non-hydrogen) atoms. The van der Waals surface area contributed by atoms with E-state index < -0.39 is 0 Å². The number of aromatic nitrogens is 4. The lowest BCUT2D eigenvalue weighted by atomic mass is 9.91. The van der Waals surface area contributed by atoms with Crippen LogP contribution in [-0.2, 0) is 4.74 Å². The lowest BCUT2D eigenvalue weighted by Crippen LogP contribution is -2.36. The van der Waals surface area contributed by atoms with Crippen LogP contribution in [0, 0.1) is 0 Å². The van der Waals surface area contributed by atoms with Crippen molar-refractivity contribution in [2.24, 2.45) is 0 Å². The predicted octanol–water partition coefficient (Wildman–Crippen LogP) is 3.51. The van der Waals surface area contributed by atoms with Crippen LogP contribution in [0.25, 0.3) is 16.2 Å². The summed E-state index contributed by atoms with van der Waals surface area (Å²) in [4.78, 5) is 16.4. The molecule has 1 unspecified atom stereocenters. The number of hydrogen-bond donors (Lipinski definition) is 2. The van der Waals surface area contributed by atoms with Crippen molar-refractivity contribution in [1.82, 2.24) is 30.2 Å². The van der Waals surface area contributed by atoms with Crippen molar-refractivity contribution in [2.75, 3.05) is 19.7 Å². The average Bonchev–Trinajstić information content (AvgIpc) is 3.42. The molecule has 0 saturated heterocycles. The molecule has 156 valence electrons. The summed E-state index contributed by atoms with van der Waals surface area (Å²) in [5.74, 6) is 0.923. The Bertz CT molecular complexity index is 1090. The van der Waals surface area contributed by atoms with Crippen molar-refractivity contribution in [3.05, 3.63) is 59.2 Å². The molecule has 1 atom stereocenters. The zero-order chi connectivity index (χ0) is 20.9. The fourth-order valence-electron chi connectivity index (χ4n) is 3.54. The SMILES string of the molecule is CCNC(=O)NCC1=CC(OCC)=CC(c2cnc3cc(-c4nncs4)ccn23)C1. The smallest absolute Gasteiger partial charge is 0.315 e. The average molecular weight is 425 g/mol. The molecule has 0 aromatic carbocycles. The Morgan fingerprint density at radius 1 is 1.37 bits per heavy atom. The third-order valence-electron chi connectivity index (χ3n) is 4.85. The van der Waals surface area contributed by atoms with E-state index in [4.69, 9.17) is 4.74 Å². The molecular formula is C21H24N6O2S. The number of urea groups is 1. The second-order valence-electron chi connectivity index (χ2n) is 6.90. The zero-order valence-electron chi connectivity index (χ0n) is 17.0. The molecule has 9 heteroatoms. The Morgan fingerprint density at radius 3 is 3.03 bits per heavy atom. The second-order valence-corrected chi connectivity index (χ2v) is 7.73. The molecule has 1 aliphatic carbocycles. The second kappa shape index (κ2) is 9.08. The summed E-state index contributed by atoms with van der Waals surface area (Å²) in [6, 6.07) is 3.89. The number of imidazole rings is 1. The van der Waals surface area contributed by atoms with Crippen LogP contribution in [0.4, 0.5) is 4.79 Å². The maximum absolute atomic E-state index is 11.8. The minimum atomic E-state index is -0.165. The highest BCUT2D eigenvalue weighted by Gasteiger charge is 2.21. The van der Waals surface area contributed by atoms with E-state index in [1.54, 1.807) is 5.51 Å². The van der Waals surface area contributed by atoms with Crippen LogP contribution in [0.5, 0.6) is 0 Å². The molecular weight excluding hydrogens is 400 g/mol. The van der Waals surface area contributed by atoms with Crippen molar-refractivity contribution in [3.63, 3.8) is 0 Å². The summed E-state index contributed by atoms with van der Waals surface area (Å²) in [5, 5.41) is 14.6. The van der Waals surface area contributed by atoms with Gasteiger partial charge < -0.3 is 19.8 Å². The summed E-state index contributed by atoms with van der Waals surface area (Å²) in [6.07, 6.45) is 8.86. The number of nitrogens with zero attached hydrogens (tertiary/aromatic N) is 4. The Balaban J connectivity index is 1.58. The standard InChI is InChI=1S/C21H24N6O2S/c1-3-22-21(28)24-11-14-7-16(9-17(8-14)29-4-2)18-12-23-19-10-15(5-6-27(18)19)20-26-25-13-30-20/h5-6,8-10,12-13,16H,3-4,7,11H2,1-2H3,(H2,22,24,28). The summed E-state index contributed by atoms with van der Waals surface area (Å²) >= 11 is 1.50. The number of rotatable bonds is 7.